The molecular weight excluding hydrogens is 389 g/mol. The van der Waals surface area contributed by atoms with Crippen LogP contribution in [-0.4, -0.2) is 33.1 Å². The van der Waals surface area contributed by atoms with Gasteiger partial charge in [-0.25, -0.2) is 8.42 Å². The van der Waals surface area contributed by atoms with Gasteiger partial charge in [0.2, 0.25) is 10.0 Å². The fourth-order valence-corrected chi connectivity index (χ4v) is 4.49. The minimum atomic E-state index is -3.77. The molecule has 0 aliphatic rings. The molecule has 24 heavy (non-hydrogen) atoms. The van der Waals surface area contributed by atoms with Crippen molar-refractivity contribution in [2.24, 2.45) is 0 Å². The molecule has 0 fully saturated rings. The van der Waals surface area contributed by atoms with E-state index in [4.69, 9.17) is 27.9 Å². The van der Waals surface area contributed by atoms with Gasteiger partial charge in [-0.2, -0.15) is 4.31 Å². The van der Waals surface area contributed by atoms with Gasteiger partial charge in [0.1, 0.15) is 15.7 Å². The fourth-order valence-electron chi connectivity index (χ4n) is 2.11. The van der Waals surface area contributed by atoms with E-state index in [1.165, 1.54) is 30.6 Å². The van der Waals surface area contributed by atoms with Crippen LogP contribution in [0.3, 0.4) is 0 Å². The molecule has 0 heterocycles. The smallest absolute Gasteiger partial charge is 0.244 e. The third-order valence-electron chi connectivity index (χ3n) is 3.48. The van der Waals surface area contributed by atoms with E-state index in [0.717, 1.165) is 10.5 Å². The average molecular weight is 406 g/mol. The Kier molecular flexibility index (Phi) is 6.45. The summed E-state index contributed by atoms with van der Waals surface area (Å²) in [5.41, 5.74) is 0.884. The van der Waals surface area contributed by atoms with E-state index < -0.39 is 10.0 Å². The highest BCUT2D eigenvalue weighted by Gasteiger charge is 2.26. The zero-order valence-electron chi connectivity index (χ0n) is 13.4. The molecule has 0 saturated heterocycles. The number of methoxy groups -OCH3 is 1. The highest BCUT2D eigenvalue weighted by molar-refractivity contribution is 7.98. The van der Waals surface area contributed by atoms with Crippen LogP contribution in [0.25, 0.3) is 0 Å². The lowest BCUT2D eigenvalue weighted by Crippen LogP contribution is -2.26. The Morgan fingerprint density at radius 2 is 1.71 bits per heavy atom. The van der Waals surface area contributed by atoms with Crippen LogP contribution in [0.1, 0.15) is 5.56 Å². The summed E-state index contributed by atoms with van der Waals surface area (Å²) >= 11 is 13.8. The maximum atomic E-state index is 12.8. The standard InChI is InChI=1S/C16H17Cl2NO3S2/c1-19(10-11-4-6-12(23-3)7-5-11)24(20,21)14-9-8-13(22-2)15(17)16(14)18/h4-9H,10H2,1-3H3. The second kappa shape index (κ2) is 7.97. The van der Waals surface area contributed by atoms with Crippen LogP contribution in [0.4, 0.5) is 0 Å². The number of hydrogen-bond donors (Lipinski definition) is 0. The first-order valence-electron chi connectivity index (χ1n) is 6.92. The van der Waals surface area contributed by atoms with Gasteiger partial charge in [0.15, 0.2) is 0 Å². The Labute approximate surface area is 156 Å². The fraction of sp³-hybridized carbons (Fsp3) is 0.250. The molecule has 0 aliphatic carbocycles. The zero-order chi connectivity index (χ0) is 17.9. The molecule has 0 aromatic heterocycles. The number of hydrogen-bond acceptors (Lipinski definition) is 4. The molecule has 0 aliphatic heterocycles. The van der Waals surface area contributed by atoms with E-state index in [1.54, 1.807) is 11.8 Å². The van der Waals surface area contributed by atoms with Gasteiger partial charge in [-0.3, -0.25) is 0 Å². The number of nitrogens with zero attached hydrogens (tertiary/aromatic N) is 1. The van der Waals surface area contributed by atoms with Crippen molar-refractivity contribution in [1.82, 2.24) is 4.31 Å². The molecule has 0 N–H and O–H groups in total. The Morgan fingerprint density at radius 3 is 2.25 bits per heavy atom. The summed E-state index contributed by atoms with van der Waals surface area (Å²) in [6, 6.07) is 10.6. The third kappa shape index (κ3) is 4.00. The van der Waals surface area contributed by atoms with Gasteiger partial charge in [-0.05, 0) is 36.1 Å². The van der Waals surface area contributed by atoms with Gasteiger partial charge in [0.25, 0.3) is 0 Å². The molecule has 0 amide bonds. The second-order valence-corrected chi connectivity index (χ2v) is 8.65. The molecule has 0 bridgehead atoms. The molecule has 0 saturated carbocycles. The normalized spacial score (nSPS) is 11.8. The quantitative estimate of drug-likeness (QED) is 0.661. The summed E-state index contributed by atoms with van der Waals surface area (Å²) in [7, 11) is -0.828. The van der Waals surface area contributed by atoms with Gasteiger partial charge < -0.3 is 4.74 Å². The second-order valence-electron chi connectivity index (χ2n) is 5.00. The molecule has 0 spiro atoms. The van der Waals surface area contributed by atoms with E-state index in [9.17, 15) is 8.42 Å². The van der Waals surface area contributed by atoms with E-state index >= 15 is 0 Å². The van der Waals surface area contributed by atoms with Gasteiger partial charge in [-0.1, -0.05) is 35.3 Å². The lowest BCUT2D eigenvalue weighted by Gasteiger charge is -2.19. The van der Waals surface area contributed by atoms with Crippen molar-refractivity contribution in [3.05, 3.63) is 52.0 Å². The minimum absolute atomic E-state index is 0.0411. The zero-order valence-corrected chi connectivity index (χ0v) is 16.6. The number of thioether (sulfide) groups is 1. The van der Waals surface area contributed by atoms with E-state index in [1.807, 2.05) is 30.5 Å². The van der Waals surface area contributed by atoms with E-state index in [-0.39, 0.29) is 21.5 Å². The monoisotopic (exact) mass is 405 g/mol. The van der Waals surface area contributed by atoms with Crippen molar-refractivity contribution < 1.29 is 13.2 Å². The van der Waals surface area contributed by atoms with Crippen molar-refractivity contribution in [3.63, 3.8) is 0 Å². The third-order valence-corrected chi connectivity index (χ3v) is 7.05. The molecule has 130 valence electrons. The predicted molar refractivity (Wildman–Crippen MR) is 99.9 cm³/mol. The summed E-state index contributed by atoms with van der Waals surface area (Å²) in [6.45, 7) is 0.233. The SMILES string of the molecule is COc1ccc(S(=O)(=O)N(C)Cc2ccc(SC)cc2)c(Cl)c1Cl. The van der Waals surface area contributed by atoms with Crippen LogP contribution in [0.2, 0.25) is 10.0 Å². The molecule has 2 aromatic carbocycles. The number of ether oxygens (including phenoxy) is 1. The molecule has 2 rings (SSSR count). The first-order valence-corrected chi connectivity index (χ1v) is 10.3. The molecule has 4 nitrogen and oxygen atoms in total. The lowest BCUT2D eigenvalue weighted by atomic mass is 10.2. The molecule has 0 radical (unpaired) electrons. The van der Waals surface area contributed by atoms with Crippen LogP contribution in [-0.2, 0) is 16.6 Å². The largest absolute Gasteiger partial charge is 0.495 e. The molecule has 0 atom stereocenters. The van der Waals surface area contributed by atoms with Gasteiger partial charge in [0, 0.05) is 18.5 Å². The Morgan fingerprint density at radius 1 is 1.08 bits per heavy atom. The van der Waals surface area contributed by atoms with Crippen LogP contribution < -0.4 is 4.74 Å². The van der Waals surface area contributed by atoms with Gasteiger partial charge in [-0.15, -0.1) is 11.8 Å². The number of benzene rings is 2. The van der Waals surface area contributed by atoms with Crippen molar-refractivity contribution >= 4 is 45.0 Å². The summed E-state index contributed by atoms with van der Waals surface area (Å²) in [4.78, 5) is 1.08. The Balaban J connectivity index is 2.30. The van der Waals surface area contributed by atoms with Crippen molar-refractivity contribution in [2.45, 2.75) is 16.3 Å². The van der Waals surface area contributed by atoms with Crippen LogP contribution in [0.15, 0.2) is 46.2 Å². The van der Waals surface area contributed by atoms with Crippen LogP contribution in [0.5, 0.6) is 5.75 Å². The highest BCUT2D eigenvalue weighted by Crippen LogP contribution is 2.37. The van der Waals surface area contributed by atoms with Crippen LogP contribution >= 0.6 is 35.0 Å². The topological polar surface area (TPSA) is 46.6 Å². The van der Waals surface area contributed by atoms with Gasteiger partial charge >= 0.3 is 0 Å². The van der Waals surface area contributed by atoms with Crippen LogP contribution in [0, 0.1) is 0 Å². The Bertz CT molecular complexity index is 824. The first-order chi connectivity index (χ1) is 11.3. The molecule has 0 unspecified atom stereocenters. The summed E-state index contributed by atoms with van der Waals surface area (Å²) in [6.07, 6.45) is 1.99. The summed E-state index contributed by atoms with van der Waals surface area (Å²) in [5, 5.41) is 0.0403. The van der Waals surface area contributed by atoms with E-state index in [0.29, 0.717) is 5.75 Å². The maximum absolute atomic E-state index is 12.8. The molecular formula is C16H17Cl2NO3S2. The van der Waals surface area contributed by atoms with Gasteiger partial charge in [0.05, 0.1) is 12.1 Å². The maximum Gasteiger partial charge on any atom is 0.244 e. The average Bonchev–Trinajstić information content (AvgIpc) is 2.57. The Hall–Kier alpha value is -0.920. The summed E-state index contributed by atoms with van der Waals surface area (Å²) < 4.78 is 31.8. The number of halogens is 2. The number of rotatable bonds is 6. The first kappa shape index (κ1) is 19.4. The van der Waals surface area contributed by atoms with Crippen molar-refractivity contribution in [3.8, 4) is 5.75 Å². The van der Waals surface area contributed by atoms with Crippen molar-refractivity contribution in [2.75, 3.05) is 20.4 Å². The lowest BCUT2D eigenvalue weighted by molar-refractivity contribution is 0.414. The highest BCUT2D eigenvalue weighted by atomic mass is 35.5. The van der Waals surface area contributed by atoms with Crippen molar-refractivity contribution in [1.29, 1.82) is 0 Å². The van der Waals surface area contributed by atoms with E-state index in [2.05, 4.69) is 0 Å². The molecule has 2 aromatic rings. The minimum Gasteiger partial charge on any atom is -0.495 e. The number of sulfonamides is 1. The molecule has 8 heteroatoms. The summed E-state index contributed by atoms with van der Waals surface area (Å²) in [5.74, 6) is 0.330. The predicted octanol–water partition coefficient (Wildman–Crippen LogP) is 4.54.